The van der Waals surface area contributed by atoms with E-state index in [9.17, 15) is 14.7 Å². The normalized spacial score (nSPS) is 30.8. The Labute approximate surface area is 128 Å². The fourth-order valence-corrected chi connectivity index (χ4v) is 4.08. The van der Waals surface area contributed by atoms with Crippen LogP contribution in [0.15, 0.2) is 12.1 Å². The van der Waals surface area contributed by atoms with Crippen molar-refractivity contribution in [3.63, 3.8) is 0 Å². The Morgan fingerprint density at radius 2 is 2.00 bits per heavy atom. The number of aromatic hydroxyl groups is 1. The van der Waals surface area contributed by atoms with Crippen LogP contribution in [0.5, 0.6) is 5.75 Å². The average molecular weight is 298 g/mol. The highest BCUT2D eigenvalue weighted by Gasteiger charge is 2.49. The lowest BCUT2D eigenvalue weighted by atomic mass is 9.73. The van der Waals surface area contributed by atoms with Crippen LogP contribution in [0.3, 0.4) is 0 Å². The van der Waals surface area contributed by atoms with Crippen LogP contribution in [0, 0.1) is 11.8 Å². The van der Waals surface area contributed by atoms with Crippen LogP contribution in [0.2, 0.25) is 0 Å². The molecular formula is C18H18O4. The third-order valence-corrected chi connectivity index (χ3v) is 5.52. The van der Waals surface area contributed by atoms with Gasteiger partial charge in [0.1, 0.15) is 11.9 Å². The van der Waals surface area contributed by atoms with Crippen molar-refractivity contribution in [2.75, 3.05) is 0 Å². The van der Waals surface area contributed by atoms with Crippen molar-refractivity contribution in [1.82, 2.24) is 0 Å². The van der Waals surface area contributed by atoms with Gasteiger partial charge in [-0.25, -0.2) is 0 Å². The van der Waals surface area contributed by atoms with Crippen molar-refractivity contribution >= 4 is 17.8 Å². The van der Waals surface area contributed by atoms with Crippen LogP contribution in [0.25, 0.3) is 6.08 Å². The molecule has 0 amide bonds. The molecule has 0 saturated carbocycles. The number of hydrogen-bond acceptors (Lipinski definition) is 4. The first kappa shape index (κ1) is 13.6. The van der Waals surface area contributed by atoms with E-state index in [0.717, 1.165) is 16.7 Å². The Morgan fingerprint density at radius 3 is 2.73 bits per heavy atom. The van der Waals surface area contributed by atoms with E-state index in [1.165, 1.54) is 0 Å². The van der Waals surface area contributed by atoms with Crippen LogP contribution < -0.4 is 0 Å². The maximum Gasteiger partial charge on any atom is 0.309 e. The average Bonchev–Trinajstić information content (AvgIpc) is 2.93. The van der Waals surface area contributed by atoms with Gasteiger partial charge in [-0.05, 0) is 38.0 Å². The largest absolute Gasteiger partial charge is 0.507 e. The van der Waals surface area contributed by atoms with Crippen molar-refractivity contribution in [3.05, 3.63) is 34.4 Å². The maximum absolute atomic E-state index is 12.2. The lowest BCUT2D eigenvalue weighted by Crippen LogP contribution is -2.31. The second-order valence-electron chi connectivity index (χ2n) is 7.09. The second-order valence-corrected chi connectivity index (χ2v) is 7.09. The van der Waals surface area contributed by atoms with E-state index in [-0.39, 0.29) is 35.4 Å². The van der Waals surface area contributed by atoms with Gasteiger partial charge in [-0.15, -0.1) is 0 Å². The Bertz CT molecular complexity index is 757. The van der Waals surface area contributed by atoms with Crippen LogP contribution in [-0.4, -0.2) is 16.9 Å². The second kappa shape index (κ2) is 4.00. The predicted molar refractivity (Wildman–Crippen MR) is 80.4 cm³/mol. The van der Waals surface area contributed by atoms with E-state index in [4.69, 9.17) is 4.74 Å². The molecule has 0 aromatic heterocycles. The first-order valence-electron chi connectivity index (χ1n) is 7.64. The molecule has 22 heavy (non-hydrogen) atoms. The molecule has 1 aromatic rings. The van der Waals surface area contributed by atoms with Crippen LogP contribution in [-0.2, 0) is 26.2 Å². The van der Waals surface area contributed by atoms with Gasteiger partial charge in [0.2, 0.25) is 0 Å². The Balaban J connectivity index is 1.93. The number of phenols is 1. The third kappa shape index (κ3) is 1.47. The van der Waals surface area contributed by atoms with Gasteiger partial charge in [-0.2, -0.15) is 0 Å². The van der Waals surface area contributed by atoms with E-state index in [2.05, 4.69) is 0 Å². The van der Waals surface area contributed by atoms with E-state index in [1.54, 1.807) is 12.2 Å². The number of carbonyl (C=O) groups excluding carboxylic acids is 2. The van der Waals surface area contributed by atoms with Gasteiger partial charge < -0.3 is 9.84 Å². The molecule has 0 unspecified atom stereocenters. The standard InChI is InChI=1S/C18H18O4/c1-8-10-7-11-12(16(10)22-17(8)21)6-9-4-5-13(19)18(2,3)14(9)15(11)20/h4-6,8,10,16,20H,7H2,1-3H3/t8-,10+,16-/m0/s1. The minimum Gasteiger partial charge on any atom is -0.507 e. The quantitative estimate of drug-likeness (QED) is 0.748. The number of carbonyl (C=O) groups is 2. The number of esters is 1. The van der Waals surface area contributed by atoms with E-state index in [0.29, 0.717) is 12.0 Å². The predicted octanol–water partition coefficient (Wildman–Crippen LogP) is 2.67. The molecule has 1 saturated heterocycles. The number of phenolic OH excluding ortho intramolecular Hbond substituents is 1. The molecule has 1 heterocycles. The maximum atomic E-state index is 12.2. The third-order valence-electron chi connectivity index (χ3n) is 5.52. The fraction of sp³-hybridized carbons (Fsp3) is 0.444. The summed E-state index contributed by atoms with van der Waals surface area (Å²) in [6.45, 7) is 5.55. The summed E-state index contributed by atoms with van der Waals surface area (Å²) >= 11 is 0. The van der Waals surface area contributed by atoms with Gasteiger partial charge >= 0.3 is 5.97 Å². The number of allylic oxidation sites excluding steroid dienone is 1. The highest BCUT2D eigenvalue weighted by molar-refractivity contribution is 6.05. The minimum absolute atomic E-state index is 0.00626. The first-order chi connectivity index (χ1) is 10.3. The molecule has 4 heteroatoms. The van der Waals surface area contributed by atoms with Crippen LogP contribution >= 0.6 is 0 Å². The van der Waals surface area contributed by atoms with Crippen molar-refractivity contribution in [2.45, 2.75) is 38.7 Å². The zero-order valence-corrected chi connectivity index (χ0v) is 12.8. The van der Waals surface area contributed by atoms with Gasteiger partial charge in [0, 0.05) is 22.6 Å². The van der Waals surface area contributed by atoms with Crippen LogP contribution in [0.1, 0.15) is 49.1 Å². The molecule has 114 valence electrons. The molecule has 4 rings (SSSR count). The molecule has 3 atom stereocenters. The first-order valence-corrected chi connectivity index (χ1v) is 7.64. The Morgan fingerprint density at radius 1 is 1.27 bits per heavy atom. The fourth-order valence-electron chi connectivity index (χ4n) is 4.08. The minimum atomic E-state index is -0.733. The number of rotatable bonds is 0. The highest BCUT2D eigenvalue weighted by atomic mass is 16.6. The summed E-state index contributed by atoms with van der Waals surface area (Å²) in [5.74, 6) is -0.0379. The molecule has 3 aliphatic rings. The van der Waals surface area contributed by atoms with Gasteiger partial charge in [-0.1, -0.05) is 13.0 Å². The van der Waals surface area contributed by atoms with Crippen molar-refractivity contribution in [2.24, 2.45) is 11.8 Å². The molecule has 1 fully saturated rings. The monoisotopic (exact) mass is 298 g/mol. The molecule has 2 aliphatic carbocycles. The number of hydrogen-bond donors (Lipinski definition) is 1. The Kier molecular flexibility index (Phi) is 2.47. The number of ketones is 1. The molecule has 0 bridgehead atoms. The zero-order chi connectivity index (χ0) is 15.8. The smallest absolute Gasteiger partial charge is 0.309 e. The molecule has 0 radical (unpaired) electrons. The summed E-state index contributed by atoms with van der Waals surface area (Å²) in [6.07, 6.45) is 3.67. The summed E-state index contributed by atoms with van der Waals surface area (Å²) in [5.41, 5.74) is 2.54. The number of fused-ring (bicyclic) bond motifs is 4. The SMILES string of the molecule is C[C@@H]1C(=O)O[C@@H]2c3cc4c(c(O)c3C[C@H]12)C(C)(C)C(=O)C=C4. The topological polar surface area (TPSA) is 63.6 Å². The lowest BCUT2D eigenvalue weighted by Gasteiger charge is -2.29. The van der Waals surface area contributed by atoms with E-state index in [1.807, 2.05) is 26.8 Å². The summed E-state index contributed by atoms with van der Waals surface area (Å²) in [4.78, 5) is 23.9. The van der Waals surface area contributed by atoms with Crippen molar-refractivity contribution in [3.8, 4) is 5.75 Å². The summed E-state index contributed by atoms with van der Waals surface area (Å²) in [6, 6.07) is 1.98. The molecule has 4 nitrogen and oxygen atoms in total. The summed E-state index contributed by atoms with van der Waals surface area (Å²) in [5, 5.41) is 10.8. The molecule has 0 spiro atoms. The summed E-state index contributed by atoms with van der Waals surface area (Å²) < 4.78 is 5.50. The summed E-state index contributed by atoms with van der Waals surface area (Å²) in [7, 11) is 0. The van der Waals surface area contributed by atoms with Gasteiger partial charge in [-0.3, -0.25) is 9.59 Å². The van der Waals surface area contributed by atoms with Gasteiger partial charge in [0.15, 0.2) is 5.78 Å². The van der Waals surface area contributed by atoms with Crippen molar-refractivity contribution < 1.29 is 19.4 Å². The van der Waals surface area contributed by atoms with Crippen molar-refractivity contribution in [1.29, 1.82) is 0 Å². The zero-order valence-electron chi connectivity index (χ0n) is 12.8. The lowest BCUT2D eigenvalue weighted by molar-refractivity contribution is -0.144. The number of ether oxygens (including phenoxy) is 1. The van der Waals surface area contributed by atoms with E-state index >= 15 is 0 Å². The Hall–Kier alpha value is -2.10. The molecule has 1 aliphatic heterocycles. The molecule has 1 N–H and O–H groups in total. The highest BCUT2D eigenvalue weighted by Crippen LogP contribution is 2.53. The molecular weight excluding hydrogens is 280 g/mol. The van der Waals surface area contributed by atoms with Gasteiger partial charge in [0.05, 0.1) is 11.3 Å². The van der Waals surface area contributed by atoms with Gasteiger partial charge in [0.25, 0.3) is 0 Å². The molecule has 1 aromatic carbocycles. The van der Waals surface area contributed by atoms with Crippen LogP contribution in [0.4, 0.5) is 0 Å². The van der Waals surface area contributed by atoms with E-state index < -0.39 is 5.41 Å². The number of benzene rings is 1.